The van der Waals surface area contributed by atoms with Gasteiger partial charge in [-0.25, -0.2) is 0 Å². The summed E-state index contributed by atoms with van der Waals surface area (Å²) in [7, 11) is 1.69. The number of methoxy groups -OCH3 is 1. The molecule has 2 N–H and O–H groups in total. The van der Waals surface area contributed by atoms with Gasteiger partial charge in [-0.15, -0.1) is 0 Å². The van der Waals surface area contributed by atoms with E-state index in [1.165, 1.54) is 12.0 Å². The minimum atomic E-state index is 0.273. The number of rotatable bonds is 5. The molecule has 2 rings (SSSR count). The highest BCUT2D eigenvalue weighted by molar-refractivity contribution is 9.10. The zero-order valence-electron chi connectivity index (χ0n) is 13.2. The lowest BCUT2D eigenvalue weighted by Crippen LogP contribution is -2.28. The summed E-state index contributed by atoms with van der Waals surface area (Å²) < 4.78 is 12.7. The van der Waals surface area contributed by atoms with Gasteiger partial charge in [0.25, 0.3) is 0 Å². The van der Waals surface area contributed by atoms with Crippen molar-refractivity contribution in [1.82, 2.24) is 0 Å². The highest BCUT2D eigenvalue weighted by Crippen LogP contribution is 2.40. The molecule has 0 heterocycles. The van der Waals surface area contributed by atoms with E-state index in [2.05, 4.69) is 35.8 Å². The van der Waals surface area contributed by atoms with Gasteiger partial charge in [-0.2, -0.15) is 0 Å². The number of hydrogen-bond donors (Lipinski definition) is 1. The van der Waals surface area contributed by atoms with Crippen molar-refractivity contribution >= 4 is 15.9 Å². The fourth-order valence-corrected chi connectivity index (χ4v) is 3.92. The van der Waals surface area contributed by atoms with Crippen LogP contribution in [0.25, 0.3) is 0 Å². The van der Waals surface area contributed by atoms with Gasteiger partial charge >= 0.3 is 0 Å². The molecule has 1 saturated carbocycles. The van der Waals surface area contributed by atoms with Crippen molar-refractivity contribution in [2.75, 3.05) is 13.7 Å². The first kappa shape index (κ1) is 16.6. The Kier molecular flexibility index (Phi) is 5.94. The Bertz CT molecular complexity index is 468. The highest BCUT2D eigenvalue weighted by Gasteiger charge is 2.26. The fraction of sp³-hybridized carbons (Fsp3) is 0.647. The summed E-state index contributed by atoms with van der Waals surface area (Å²) in [4.78, 5) is 0. The number of halogens is 1. The Morgan fingerprint density at radius 3 is 2.43 bits per heavy atom. The Morgan fingerprint density at radius 2 is 1.86 bits per heavy atom. The van der Waals surface area contributed by atoms with E-state index in [0.717, 1.165) is 47.1 Å². The Hall–Kier alpha value is -0.740. The lowest BCUT2D eigenvalue weighted by Gasteiger charge is -2.32. The van der Waals surface area contributed by atoms with Crippen molar-refractivity contribution in [3.63, 3.8) is 0 Å². The minimum Gasteiger partial charge on any atom is -0.493 e. The van der Waals surface area contributed by atoms with E-state index < -0.39 is 0 Å². The molecule has 4 heteroatoms. The molecule has 1 aliphatic rings. The van der Waals surface area contributed by atoms with Gasteiger partial charge in [-0.05, 0) is 77.7 Å². The molecule has 2 unspecified atom stereocenters. The maximum atomic E-state index is 6.28. The van der Waals surface area contributed by atoms with Gasteiger partial charge in [0.05, 0.1) is 17.7 Å². The summed E-state index contributed by atoms with van der Waals surface area (Å²) in [6.07, 6.45) is 4.64. The minimum absolute atomic E-state index is 0.273. The van der Waals surface area contributed by atoms with E-state index >= 15 is 0 Å². The van der Waals surface area contributed by atoms with E-state index in [9.17, 15) is 0 Å². The third kappa shape index (κ3) is 4.36. The average molecular weight is 356 g/mol. The van der Waals surface area contributed by atoms with E-state index in [4.69, 9.17) is 15.2 Å². The van der Waals surface area contributed by atoms with Crippen LogP contribution in [-0.4, -0.2) is 19.8 Å². The Morgan fingerprint density at radius 1 is 1.19 bits per heavy atom. The van der Waals surface area contributed by atoms with Crippen LogP contribution in [0.4, 0.5) is 0 Å². The summed E-state index contributed by atoms with van der Waals surface area (Å²) in [6, 6.07) is 4.11. The molecule has 0 aromatic heterocycles. The van der Waals surface area contributed by atoms with Crippen LogP contribution < -0.4 is 15.2 Å². The van der Waals surface area contributed by atoms with Crippen molar-refractivity contribution in [2.24, 2.45) is 17.6 Å². The van der Waals surface area contributed by atoms with Crippen LogP contribution in [-0.2, 0) is 6.42 Å². The van der Waals surface area contributed by atoms with E-state index in [0.29, 0.717) is 6.54 Å². The van der Waals surface area contributed by atoms with E-state index in [1.807, 2.05) is 6.07 Å². The molecule has 21 heavy (non-hydrogen) atoms. The molecule has 1 aromatic rings. The summed E-state index contributed by atoms with van der Waals surface area (Å²) in [6.45, 7) is 5.25. The molecular weight excluding hydrogens is 330 g/mol. The SMILES string of the molecule is COc1cc(CCN)cc(Br)c1OC1CC(C)CC(C)C1. The Labute approximate surface area is 136 Å². The zero-order chi connectivity index (χ0) is 15.4. The van der Waals surface area contributed by atoms with Gasteiger partial charge < -0.3 is 15.2 Å². The van der Waals surface area contributed by atoms with Crippen molar-refractivity contribution in [3.05, 3.63) is 22.2 Å². The summed E-state index contributed by atoms with van der Waals surface area (Å²) in [5.41, 5.74) is 6.80. The monoisotopic (exact) mass is 355 g/mol. The van der Waals surface area contributed by atoms with Crippen LogP contribution in [0.3, 0.4) is 0 Å². The van der Waals surface area contributed by atoms with Gasteiger partial charge in [0.15, 0.2) is 11.5 Å². The van der Waals surface area contributed by atoms with Crippen LogP contribution in [0.2, 0.25) is 0 Å². The molecule has 1 fully saturated rings. The summed E-state index contributed by atoms with van der Waals surface area (Å²) in [5, 5.41) is 0. The second-order valence-corrected chi connectivity index (χ2v) is 7.16. The van der Waals surface area contributed by atoms with Gasteiger partial charge in [0.1, 0.15) is 0 Å². The van der Waals surface area contributed by atoms with Gasteiger partial charge in [0, 0.05) is 0 Å². The number of ether oxygens (including phenoxy) is 2. The average Bonchev–Trinajstić information content (AvgIpc) is 2.40. The van der Waals surface area contributed by atoms with Crippen molar-refractivity contribution < 1.29 is 9.47 Å². The Balaban J connectivity index is 2.18. The predicted octanol–water partition coefficient (Wildman–Crippen LogP) is 4.16. The zero-order valence-corrected chi connectivity index (χ0v) is 14.8. The molecule has 0 radical (unpaired) electrons. The molecule has 0 aliphatic heterocycles. The first-order chi connectivity index (χ1) is 10.0. The lowest BCUT2D eigenvalue weighted by atomic mass is 9.82. The maximum absolute atomic E-state index is 6.28. The maximum Gasteiger partial charge on any atom is 0.175 e. The molecule has 118 valence electrons. The largest absolute Gasteiger partial charge is 0.493 e. The number of benzene rings is 1. The van der Waals surface area contributed by atoms with Gasteiger partial charge in [-0.1, -0.05) is 13.8 Å². The van der Waals surface area contributed by atoms with Crippen LogP contribution in [0, 0.1) is 11.8 Å². The van der Waals surface area contributed by atoms with Crippen molar-refractivity contribution in [3.8, 4) is 11.5 Å². The molecule has 0 amide bonds. The summed E-state index contributed by atoms with van der Waals surface area (Å²) in [5.74, 6) is 3.06. The first-order valence-electron chi connectivity index (χ1n) is 7.76. The van der Waals surface area contributed by atoms with Gasteiger partial charge in [0.2, 0.25) is 0 Å². The predicted molar refractivity (Wildman–Crippen MR) is 90.0 cm³/mol. The standard InChI is InChI=1S/C17H26BrNO2/c1-11-6-12(2)8-14(7-11)21-17-15(18)9-13(4-5-19)10-16(17)20-3/h9-12,14H,4-8,19H2,1-3H3. The number of hydrogen-bond acceptors (Lipinski definition) is 3. The molecular formula is C17H26BrNO2. The second-order valence-electron chi connectivity index (χ2n) is 6.31. The lowest BCUT2D eigenvalue weighted by molar-refractivity contribution is 0.0972. The molecule has 3 nitrogen and oxygen atoms in total. The van der Waals surface area contributed by atoms with Crippen molar-refractivity contribution in [1.29, 1.82) is 0 Å². The topological polar surface area (TPSA) is 44.5 Å². The quantitative estimate of drug-likeness (QED) is 0.862. The highest BCUT2D eigenvalue weighted by atomic mass is 79.9. The molecule has 2 atom stereocenters. The summed E-state index contributed by atoms with van der Waals surface area (Å²) >= 11 is 3.62. The second kappa shape index (κ2) is 7.50. The fourth-order valence-electron chi connectivity index (χ4n) is 3.33. The van der Waals surface area contributed by atoms with Crippen LogP contribution >= 0.6 is 15.9 Å². The van der Waals surface area contributed by atoms with Crippen molar-refractivity contribution in [2.45, 2.75) is 45.6 Å². The van der Waals surface area contributed by atoms with E-state index in [1.54, 1.807) is 7.11 Å². The first-order valence-corrected chi connectivity index (χ1v) is 8.55. The third-order valence-electron chi connectivity index (χ3n) is 4.14. The molecule has 0 bridgehead atoms. The molecule has 1 aliphatic carbocycles. The number of nitrogens with two attached hydrogens (primary N) is 1. The van der Waals surface area contributed by atoms with Crippen LogP contribution in [0.5, 0.6) is 11.5 Å². The molecule has 0 saturated heterocycles. The molecule has 1 aromatic carbocycles. The smallest absolute Gasteiger partial charge is 0.175 e. The molecule has 0 spiro atoms. The van der Waals surface area contributed by atoms with Crippen LogP contribution in [0.1, 0.15) is 38.7 Å². The van der Waals surface area contributed by atoms with Gasteiger partial charge in [-0.3, -0.25) is 0 Å². The third-order valence-corrected chi connectivity index (χ3v) is 4.73. The van der Waals surface area contributed by atoms with Crippen LogP contribution in [0.15, 0.2) is 16.6 Å². The van der Waals surface area contributed by atoms with E-state index in [-0.39, 0.29) is 6.10 Å². The normalized spacial score (nSPS) is 25.7.